The minimum absolute atomic E-state index is 0.212. The summed E-state index contributed by atoms with van der Waals surface area (Å²) in [4.78, 5) is 0. The SMILES string of the molecule is C[C@@H](NCc1ccc(OCc2ccccc2F)cc1)c1ccnn1C. The maximum absolute atomic E-state index is 13.6. The number of aromatic nitrogens is 2. The summed E-state index contributed by atoms with van der Waals surface area (Å²) in [5, 5.41) is 7.67. The maximum atomic E-state index is 13.6. The first-order valence-electron chi connectivity index (χ1n) is 8.30. The molecule has 0 saturated carbocycles. The molecule has 4 nitrogen and oxygen atoms in total. The highest BCUT2D eigenvalue weighted by Crippen LogP contribution is 2.17. The van der Waals surface area contributed by atoms with Crippen LogP contribution in [0.15, 0.2) is 60.8 Å². The van der Waals surface area contributed by atoms with Gasteiger partial charge < -0.3 is 10.1 Å². The molecule has 0 radical (unpaired) electrons. The molecule has 0 aliphatic carbocycles. The van der Waals surface area contributed by atoms with Crippen LogP contribution >= 0.6 is 0 Å². The summed E-state index contributed by atoms with van der Waals surface area (Å²) in [5.41, 5.74) is 2.86. The Morgan fingerprint density at radius 1 is 1.12 bits per heavy atom. The molecule has 0 unspecified atom stereocenters. The van der Waals surface area contributed by atoms with Crippen molar-refractivity contribution in [3.63, 3.8) is 0 Å². The van der Waals surface area contributed by atoms with Crippen LogP contribution in [0.2, 0.25) is 0 Å². The van der Waals surface area contributed by atoms with E-state index in [0.29, 0.717) is 5.56 Å². The second-order valence-corrected chi connectivity index (χ2v) is 6.01. The van der Waals surface area contributed by atoms with E-state index < -0.39 is 0 Å². The number of hydrogen-bond acceptors (Lipinski definition) is 3. The lowest BCUT2D eigenvalue weighted by atomic mass is 10.2. The third-order valence-electron chi connectivity index (χ3n) is 4.19. The monoisotopic (exact) mass is 339 g/mol. The number of halogens is 1. The van der Waals surface area contributed by atoms with Crippen molar-refractivity contribution < 1.29 is 9.13 Å². The van der Waals surface area contributed by atoms with E-state index in [1.807, 2.05) is 42.1 Å². The van der Waals surface area contributed by atoms with Gasteiger partial charge in [0.05, 0.1) is 5.69 Å². The van der Waals surface area contributed by atoms with E-state index >= 15 is 0 Å². The molecule has 1 aromatic heterocycles. The highest BCUT2D eigenvalue weighted by Gasteiger charge is 2.08. The Bertz CT molecular complexity index is 814. The van der Waals surface area contributed by atoms with Crippen LogP contribution in [0.4, 0.5) is 4.39 Å². The van der Waals surface area contributed by atoms with Gasteiger partial charge >= 0.3 is 0 Å². The topological polar surface area (TPSA) is 39.1 Å². The van der Waals surface area contributed by atoms with Crippen LogP contribution in [0.25, 0.3) is 0 Å². The molecule has 3 aromatic rings. The van der Waals surface area contributed by atoms with Crippen molar-refractivity contribution in [3.05, 3.63) is 83.4 Å². The van der Waals surface area contributed by atoms with E-state index in [9.17, 15) is 4.39 Å². The van der Waals surface area contributed by atoms with Gasteiger partial charge in [0.1, 0.15) is 18.2 Å². The normalized spacial score (nSPS) is 12.1. The predicted octanol–water partition coefficient (Wildman–Crippen LogP) is 3.99. The van der Waals surface area contributed by atoms with Gasteiger partial charge in [0, 0.05) is 31.4 Å². The van der Waals surface area contributed by atoms with Crippen molar-refractivity contribution in [2.45, 2.75) is 26.1 Å². The summed E-state index contributed by atoms with van der Waals surface area (Å²) in [6, 6.07) is 16.7. The van der Waals surface area contributed by atoms with E-state index in [1.165, 1.54) is 6.07 Å². The van der Waals surface area contributed by atoms with Crippen LogP contribution < -0.4 is 10.1 Å². The molecule has 0 bridgehead atoms. The number of nitrogens with one attached hydrogen (secondary N) is 1. The lowest BCUT2D eigenvalue weighted by molar-refractivity contribution is 0.299. The van der Waals surface area contributed by atoms with Crippen LogP contribution in [0.3, 0.4) is 0 Å². The first kappa shape index (κ1) is 17.2. The molecule has 130 valence electrons. The van der Waals surface area contributed by atoms with Gasteiger partial charge in [-0.25, -0.2) is 4.39 Å². The fourth-order valence-corrected chi connectivity index (χ4v) is 2.66. The molecule has 25 heavy (non-hydrogen) atoms. The number of nitrogens with zero attached hydrogens (tertiary/aromatic N) is 2. The lowest BCUT2D eigenvalue weighted by Crippen LogP contribution is -2.20. The van der Waals surface area contributed by atoms with Gasteiger partial charge in [-0.05, 0) is 36.8 Å². The van der Waals surface area contributed by atoms with E-state index in [1.54, 1.807) is 24.4 Å². The molecule has 0 aliphatic heterocycles. The van der Waals surface area contributed by atoms with Crippen LogP contribution in [0.1, 0.15) is 29.8 Å². The van der Waals surface area contributed by atoms with Crippen molar-refractivity contribution >= 4 is 0 Å². The summed E-state index contributed by atoms with van der Waals surface area (Å²) < 4.78 is 21.1. The predicted molar refractivity (Wildman–Crippen MR) is 95.6 cm³/mol. The third-order valence-corrected chi connectivity index (χ3v) is 4.19. The van der Waals surface area contributed by atoms with E-state index in [4.69, 9.17) is 4.74 Å². The number of hydrogen-bond donors (Lipinski definition) is 1. The van der Waals surface area contributed by atoms with Gasteiger partial charge in [0.15, 0.2) is 0 Å². The average Bonchev–Trinajstić information content (AvgIpc) is 3.06. The molecule has 0 fully saturated rings. The average molecular weight is 339 g/mol. The first-order chi connectivity index (χ1) is 12.1. The number of aryl methyl sites for hydroxylation is 1. The summed E-state index contributed by atoms with van der Waals surface area (Å²) in [6.45, 7) is 3.09. The highest BCUT2D eigenvalue weighted by atomic mass is 19.1. The van der Waals surface area contributed by atoms with Crippen LogP contribution in [0.5, 0.6) is 5.75 Å². The standard InChI is InChI=1S/C20H22FN3O/c1-15(20-11-12-23-24(20)2)22-13-16-7-9-18(10-8-16)25-14-17-5-3-4-6-19(17)21/h3-12,15,22H,13-14H2,1-2H3/t15-/m1/s1. The quantitative estimate of drug-likeness (QED) is 0.707. The van der Waals surface area contributed by atoms with Crippen LogP contribution in [0, 0.1) is 5.82 Å². The number of rotatable bonds is 7. The third kappa shape index (κ3) is 4.45. The molecule has 1 heterocycles. The maximum Gasteiger partial charge on any atom is 0.129 e. The molecule has 1 atom stereocenters. The van der Waals surface area contributed by atoms with E-state index in [2.05, 4.69) is 17.3 Å². The summed E-state index contributed by atoms with van der Waals surface area (Å²) in [5.74, 6) is 0.485. The molecule has 0 saturated heterocycles. The zero-order chi connectivity index (χ0) is 17.6. The molecule has 5 heteroatoms. The molecule has 1 N–H and O–H groups in total. The minimum Gasteiger partial charge on any atom is -0.489 e. The molecular formula is C20H22FN3O. The van der Waals surface area contributed by atoms with Gasteiger partial charge in [-0.1, -0.05) is 30.3 Å². The van der Waals surface area contributed by atoms with Gasteiger partial charge in [-0.15, -0.1) is 0 Å². The molecule has 0 spiro atoms. The van der Waals surface area contributed by atoms with Crippen molar-refractivity contribution in [3.8, 4) is 5.75 Å². The molecule has 3 rings (SSSR count). The first-order valence-corrected chi connectivity index (χ1v) is 8.30. The Kier molecular flexibility index (Phi) is 5.46. The highest BCUT2D eigenvalue weighted by molar-refractivity contribution is 5.28. The Morgan fingerprint density at radius 2 is 1.88 bits per heavy atom. The minimum atomic E-state index is -0.243. The summed E-state index contributed by atoms with van der Waals surface area (Å²) in [7, 11) is 1.94. The van der Waals surface area contributed by atoms with Crippen LogP contribution in [-0.4, -0.2) is 9.78 Å². The van der Waals surface area contributed by atoms with Gasteiger partial charge in [-0.2, -0.15) is 5.10 Å². The number of benzene rings is 2. The van der Waals surface area contributed by atoms with E-state index in [-0.39, 0.29) is 18.5 Å². The second kappa shape index (κ2) is 7.94. The molecule has 2 aromatic carbocycles. The zero-order valence-electron chi connectivity index (χ0n) is 14.4. The molecule has 0 aliphatic rings. The Morgan fingerprint density at radius 3 is 2.56 bits per heavy atom. The fourth-order valence-electron chi connectivity index (χ4n) is 2.66. The Labute approximate surface area is 147 Å². The van der Waals surface area contributed by atoms with Crippen molar-refractivity contribution in [1.29, 1.82) is 0 Å². The van der Waals surface area contributed by atoms with E-state index in [0.717, 1.165) is 23.6 Å². The zero-order valence-corrected chi connectivity index (χ0v) is 14.4. The lowest BCUT2D eigenvalue weighted by Gasteiger charge is -2.14. The second-order valence-electron chi connectivity index (χ2n) is 6.01. The number of ether oxygens (including phenoxy) is 1. The van der Waals surface area contributed by atoms with Gasteiger partial charge in [0.2, 0.25) is 0 Å². The molecule has 0 amide bonds. The van der Waals surface area contributed by atoms with Gasteiger partial charge in [-0.3, -0.25) is 4.68 Å². The Balaban J connectivity index is 1.52. The summed E-state index contributed by atoms with van der Waals surface area (Å²) in [6.07, 6.45) is 1.80. The van der Waals surface area contributed by atoms with Crippen molar-refractivity contribution in [2.24, 2.45) is 7.05 Å². The van der Waals surface area contributed by atoms with Crippen LogP contribution in [-0.2, 0) is 20.2 Å². The fraction of sp³-hybridized carbons (Fsp3) is 0.250. The smallest absolute Gasteiger partial charge is 0.129 e. The van der Waals surface area contributed by atoms with Crippen molar-refractivity contribution in [2.75, 3.05) is 0 Å². The Hall–Kier alpha value is -2.66. The molecular weight excluding hydrogens is 317 g/mol. The largest absolute Gasteiger partial charge is 0.489 e. The van der Waals surface area contributed by atoms with Crippen molar-refractivity contribution in [1.82, 2.24) is 15.1 Å². The van der Waals surface area contributed by atoms with Gasteiger partial charge in [0.25, 0.3) is 0 Å². The summed E-state index contributed by atoms with van der Waals surface area (Å²) >= 11 is 0.